The molecule has 0 saturated heterocycles. The maximum absolute atomic E-state index is 13.1. The van der Waals surface area contributed by atoms with Gasteiger partial charge in [0.25, 0.3) is 0 Å². The summed E-state index contributed by atoms with van der Waals surface area (Å²) in [6.45, 7) is 2.81. The largest absolute Gasteiger partial charge is 0.300 e. The molecule has 0 spiro atoms. The number of hydrogen-bond donors (Lipinski definition) is 0. The Morgan fingerprint density at radius 1 is 1.37 bits per heavy atom. The van der Waals surface area contributed by atoms with Gasteiger partial charge in [-0.15, -0.1) is 0 Å². The first-order valence-corrected chi connectivity index (χ1v) is 6.69. The highest BCUT2D eigenvalue weighted by Gasteiger charge is 2.52. The highest BCUT2D eigenvalue weighted by atomic mass is 19.1. The summed E-state index contributed by atoms with van der Waals surface area (Å²) in [6.07, 6.45) is 7.09. The summed E-state index contributed by atoms with van der Waals surface area (Å²) in [5.41, 5.74) is 0.264. The monoisotopic (exact) mass is 260 g/mol. The number of carbonyl (C=O) groups excluding carboxylic acids is 1. The van der Waals surface area contributed by atoms with E-state index in [1.165, 1.54) is 12.1 Å². The molecule has 0 bridgehead atoms. The van der Waals surface area contributed by atoms with E-state index >= 15 is 0 Å². The molecule has 1 atom stereocenters. The number of carbonyl (C=O) groups is 1. The third-order valence-electron chi connectivity index (χ3n) is 3.95. The molecule has 1 aromatic carbocycles. The van der Waals surface area contributed by atoms with Crippen molar-refractivity contribution in [3.8, 4) is 0 Å². The average Bonchev–Trinajstić information content (AvgIpc) is 3.22. The number of hydrazine groups is 1. The van der Waals surface area contributed by atoms with Crippen molar-refractivity contribution in [2.24, 2.45) is 5.92 Å². The molecule has 3 nitrogen and oxygen atoms in total. The van der Waals surface area contributed by atoms with Gasteiger partial charge in [-0.1, -0.05) is 0 Å². The van der Waals surface area contributed by atoms with E-state index in [-0.39, 0.29) is 5.82 Å². The Balaban J connectivity index is 2.03. The SMILES string of the molecule is CCN1C=CC(C=O)(C2CC2)N1c1ccc(F)cc1. The van der Waals surface area contributed by atoms with Crippen molar-refractivity contribution in [1.82, 2.24) is 5.01 Å². The number of hydrogen-bond acceptors (Lipinski definition) is 3. The van der Waals surface area contributed by atoms with Crippen LogP contribution in [0.15, 0.2) is 36.5 Å². The first kappa shape index (κ1) is 12.2. The van der Waals surface area contributed by atoms with E-state index in [1.54, 1.807) is 12.1 Å². The number of benzene rings is 1. The minimum atomic E-state index is -0.589. The molecule has 3 rings (SSSR count). The lowest BCUT2D eigenvalue weighted by molar-refractivity contribution is -0.112. The average molecular weight is 260 g/mol. The first-order chi connectivity index (χ1) is 9.21. The van der Waals surface area contributed by atoms with Gasteiger partial charge in [0.05, 0.1) is 5.69 Å². The van der Waals surface area contributed by atoms with E-state index in [0.29, 0.717) is 5.92 Å². The molecule has 1 heterocycles. The predicted molar refractivity (Wildman–Crippen MR) is 71.9 cm³/mol. The van der Waals surface area contributed by atoms with Crippen molar-refractivity contribution in [1.29, 1.82) is 0 Å². The summed E-state index contributed by atoms with van der Waals surface area (Å²) in [5, 5.41) is 4.01. The van der Waals surface area contributed by atoms with Crippen LogP contribution in [-0.4, -0.2) is 23.4 Å². The van der Waals surface area contributed by atoms with Crippen molar-refractivity contribution in [2.75, 3.05) is 11.6 Å². The zero-order chi connectivity index (χ0) is 13.5. The van der Waals surface area contributed by atoms with Gasteiger partial charge in [0, 0.05) is 12.7 Å². The molecule has 0 radical (unpaired) electrons. The van der Waals surface area contributed by atoms with E-state index < -0.39 is 5.54 Å². The Hall–Kier alpha value is -1.84. The number of aldehydes is 1. The molecule has 1 aromatic rings. The lowest BCUT2D eigenvalue weighted by atomic mass is 9.94. The van der Waals surface area contributed by atoms with Crippen LogP contribution in [0.5, 0.6) is 0 Å². The number of nitrogens with zero attached hydrogens (tertiary/aromatic N) is 2. The molecule has 4 heteroatoms. The minimum Gasteiger partial charge on any atom is -0.300 e. The second-order valence-electron chi connectivity index (χ2n) is 5.14. The summed E-state index contributed by atoms with van der Waals surface area (Å²) in [5.74, 6) is 0.102. The van der Waals surface area contributed by atoms with Crippen LogP contribution in [-0.2, 0) is 4.79 Å². The zero-order valence-electron chi connectivity index (χ0n) is 10.9. The second kappa shape index (κ2) is 4.37. The minimum absolute atomic E-state index is 0.262. The summed E-state index contributed by atoms with van der Waals surface area (Å²) in [7, 11) is 0. The zero-order valence-corrected chi connectivity index (χ0v) is 10.9. The summed E-state index contributed by atoms with van der Waals surface area (Å²) in [4.78, 5) is 11.7. The molecule has 0 N–H and O–H groups in total. The molecule has 100 valence electrons. The Labute approximate surface area is 112 Å². The molecule has 19 heavy (non-hydrogen) atoms. The maximum atomic E-state index is 13.1. The van der Waals surface area contributed by atoms with Gasteiger partial charge in [-0.2, -0.15) is 0 Å². The molecule has 1 saturated carbocycles. The summed E-state index contributed by atoms with van der Waals surface area (Å²) in [6, 6.07) is 6.32. The summed E-state index contributed by atoms with van der Waals surface area (Å²) >= 11 is 0. The lowest BCUT2D eigenvalue weighted by Crippen LogP contribution is -2.53. The van der Waals surface area contributed by atoms with E-state index in [9.17, 15) is 9.18 Å². The molecule has 1 aliphatic heterocycles. The van der Waals surface area contributed by atoms with Crippen molar-refractivity contribution in [3.63, 3.8) is 0 Å². The van der Waals surface area contributed by atoms with E-state index in [0.717, 1.165) is 31.4 Å². The standard InChI is InChI=1S/C15H17FN2O/c1-2-17-10-9-15(11-19,12-3-4-12)18(17)14-7-5-13(16)6-8-14/h5-12H,2-4H2,1H3. The van der Waals surface area contributed by atoms with E-state index in [4.69, 9.17) is 0 Å². The molecule has 1 fully saturated rings. The molecule has 1 aliphatic carbocycles. The molecule has 1 unspecified atom stereocenters. The second-order valence-corrected chi connectivity index (χ2v) is 5.14. The van der Waals surface area contributed by atoms with Crippen molar-refractivity contribution < 1.29 is 9.18 Å². The Morgan fingerprint density at radius 2 is 2.05 bits per heavy atom. The van der Waals surface area contributed by atoms with Gasteiger partial charge in [0.1, 0.15) is 11.4 Å². The number of anilines is 1. The van der Waals surface area contributed by atoms with E-state index in [2.05, 4.69) is 0 Å². The van der Waals surface area contributed by atoms with Gasteiger partial charge in [0.15, 0.2) is 6.29 Å². The fraction of sp³-hybridized carbons (Fsp3) is 0.400. The topological polar surface area (TPSA) is 23.6 Å². The molecular weight excluding hydrogens is 243 g/mol. The molecule has 2 aliphatic rings. The predicted octanol–water partition coefficient (Wildman–Crippen LogP) is 2.74. The van der Waals surface area contributed by atoms with Crippen LogP contribution in [0, 0.1) is 11.7 Å². The summed E-state index contributed by atoms with van der Waals surface area (Å²) < 4.78 is 13.1. The fourth-order valence-electron chi connectivity index (χ4n) is 2.81. The van der Waals surface area contributed by atoms with Crippen molar-refractivity contribution in [3.05, 3.63) is 42.4 Å². The maximum Gasteiger partial charge on any atom is 0.151 e. The smallest absolute Gasteiger partial charge is 0.151 e. The van der Waals surface area contributed by atoms with Gasteiger partial charge in [-0.25, -0.2) is 4.39 Å². The number of halogens is 1. The fourth-order valence-corrected chi connectivity index (χ4v) is 2.81. The highest BCUT2D eigenvalue weighted by molar-refractivity contribution is 5.78. The van der Waals surface area contributed by atoms with E-state index in [1.807, 2.05) is 29.2 Å². The quantitative estimate of drug-likeness (QED) is 0.778. The van der Waals surface area contributed by atoms with Gasteiger partial charge in [0.2, 0.25) is 0 Å². The van der Waals surface area contributed by atoms with Crippen LogP contribution in [0.1, 0.15) is 19.8 Å². The van der Waals surface area contributed by atoms with Crippen LogP contribution in [0.25, 0.3) is 0 Å². The van der Waals surface area contributed by atoms with Crippen molar-refractivity contribution in [2.45, 2.75) is 25.3 Å². The molecular formula is C15H17FN2O. The van der Waals surface area contributed by atoms with Gasteiger partial charge in [-0.3, -0.25) is 10.0 Å². The van der Waals surface area contributed by atoms with Crippen molar-refractivity contribution >= 4 is 12.0 Å². The lowest BCUT2D eigenvalue weighted by Gasteiger charge is -2.40. The normalized spacial score (nSPS) is 26.0. The van der Waals surface area contributed by atoms with Crippen LogP contribution in [0.4, 0.5) is 10.1 Å². The van der Waals surface area contributed by atoms with Crippen LogP contribution >= 0.6 is 0 Å². The highest BCUT2D eigenvalue weighted by Crippen LogP contribution is 2.47. The Kier molecular flexibility index (Phi) is 2.81. The van der Waals surface area contributed by atoms with Crippen LogP contribution < -0.4 is 5.01 Å². The van der Waals surface area contributed by atoms with Crippen LogP contribution in [0.2, 0.25) is 0 Å². The molecule has 0 aromatic heterocycles. The third-order valence-corrected chi connectivity index (χ3v) is 3.95. The van der Waals surface area contributed by atoms with Gasteiger partial charge >= 0.3 is 0 Å². The first-order valence-electron chi connectivity index (χ1n) is 6.69. The number of rotatable bonds is 4. The van der Waals surface area contributed by atoms with Gasteiger partial charge in [-0.05, 0) is 56.0 Å². The van der Waals surface area contributed by atoms with Crippen LogP contribution in [0.3, 0.4) is 0 Å². The molecule has 0 amide bonds. The Bertz CT molecular complexity index is 509. The third kappa shape index (κ3) is 1.82. The Morgan fingerprint density at radius 3 is 2.58 bits per heavy atom. The van der Waals surface area contributed by atoms with Gasteiger partial charge < -0.3 is 4.79 Å².